The molecule has 3 aliphatic rings. The molecule has 2 amide bonds. The van der Waals surface area contributed by atoms with Crippen LogP contribution in [0.5, 0.6) is 0 Å². The van der Waals surface area contributed by atoms with Gasteiger partial charge < -0.3 is 10.2 Å². The lowest BCUT2D eigenvalue weighted by Crippen LogP contribution is -2.68. The predicted molar refractivity (Wildman–Crippen MR) is 95.3 cm³/mol. The van der Waals surface area contributed by atoms with Gasteiger partial charge >= 0.3 is 0 Å². The number of amides is 2. The first kappa shape index (κ1) is 16.6. The molecular weight excluding hydrogens is 314 g/mol. The minimum Gasteiger partial charge on any atom is -0.351 e. The van der Waals surface area contributed by atoms with Gasteiger partial charge in [-0.25, -0.2) is 0 Å². The van der Waals surface area contributed by atoms with Gasteiger partial charge in [-0.2, -0.15) is 0 Å². The minimum atomic E-state index is -0.268. The summed E-state index contributed by atoms with van der Waals surface area (Å²) in [5.74, 6) is 1.32. The van der Waals surface area contributed by atoms with E-state index in [1.54, 1.807) is 0 Å². The van der Waals surface area contributed by atoms with Crippen LogP contribution in [-0.4, -0.2) is 40.8 Å². The SMILES string of the molecule is Cc1nc(C2CC2)ccc1C(=O)N1CCC([C@H]2NC(=O)C2(C)C)CC1. The maximum atomic E-state index is 12.9. The van der Waals surface area contributed by atoms with Gasteiger partial charge in [0.2, 0.25) is 5.91 Å². The molecule has 5 nitrogen and oxygen atoms in total. The summed E-state index contributed by atoms with van der Waals surface area (Å²) < 4.78 is 0. The third-order valence-electron chi connectivity index (χ3n) is 6.28. The van der Waals surface area contributed by atoms with E-state index in [9.17, 15) is 9.59 Å². The van der Waals surface area contributed by atoms with Gasteiger partial charge in [-0.1, -0.05) is 0 Å². The van der Waals surface area contributed by atoms with Gasteiger partial charge in [-0.15, -0.1) is 0 Å². The fraction of sp³-hybridized carbons (Fsp3) is 0.650. The number of rotatable bonds is 3. The number of nitrogens with one attached hydrogen (secondary N) is 1. The zero-order chi connectivity index (χ0) is 17.8. The van der Waals surface area contributed by atoms with Crippen molar-refractivity contribution in [2.24, 2.45) is 11.3 Å². The summed E-state index contributed by atoms with van der Waals surface area (Å²) in [7, 11) is 0. The molecule has 0 bridgehead atoms. The number of aromatic nitrogens is 1. The molecule has 4 rings (SSSR count). The number of carbonyl (C=O) groups is 2. The van der Waals surface area contributed by atoms with E-state index >= 15 is 0 Å². The van der Waals surface area contributed by atoms with E-state index in [4.69, 9.17) is 0 Å². The van der Waals surface area contributed by atoms with E-state index in [1.165, 1.54) is 12.8 Å². The van der Waals surface area contributed by atoms with Crippen LogP contribution in [0.3, 0.4) is 0 Å². The monoisotopic (exact) mass is 341 g/mol. The molecule has 0 unspecified atom stereocenters. The number of pyridine rings is 1. The molecule has 2 saturated heterocycles. The van der Waals surface area contributed by atoms with Crippen molar-refractivity contribution < 1.29 is 9.59 Å². The number of hydrogen-bond acceptors (Lipinski definition) is 3. The van der Waals surface area contributed by atoms with E-state index in [-0.39, 0.29) is 23.3 Å². The Morgan fingerprint density at radius 1 is 1.20 bits per heavy atom. The first-order valence-corrected chi connectivity index (χ1v) is 9.45. The Balaban J connectivity index is 1.39. The molecule has 134 valence electrons. The minimum absolute atomic E-state index is 0.0997. The van der Waals surface area contributed by atoms with Crippen molar-refractivity contribution in [2.75, 3.05) is 13.1 Å². The van der Waals surface area contributed by atoms with E-state index in [1.807, 2.05) is 37.8 Å². The first-order chi connectivity index (χ1) is 11.9. The second-order valence-corrected chi connectivity index (χ2v) is 8.45. The summed E-state index contributed by atoms with van der Waals surface area (Å²) in [6.45, 7) is 7.50. The lowest BCUT2D eigenvalue weighted by atomic mass is 9.68. The van der Waals surface area contributed by atoms with Gasteiger partial charge in [0.25, 0.3) is 5.91 Å². The lowest BCUT2D eigenvalue weighted by molar-refractivity contribution is -0.146. The fourth-order valence-corrected chi connectivity index (χ4v) is 4.30. The van der Waals surface area contributed by atoms with Crippen LogP contribution in [0.25, 0.3) is 0 Å². The Labute approximate surface area is 149 Å². The number of piperidine rings is 1. The third-order valence-corrected chi connectivity index (χ3v) is 6.28. The van der Waals surface area contributed by atoms with Crippen LogP contribution >= 0.6 is 0 Å². The zero-order valence-electron chi connectivity index (χ0n) is 15.3. The summed E-state index contributed by atoms with van der Waals surface area (Å²) in [5, 5.41) is 3.06. The maximum absolute atomic E-state index is 12.9. The molecule has 25 heavy (non-hydrogen) atoms. The quantitative estimate of drug-likeness (QED) is 0.860. The standard InChI is InChI=1S/C20H27N3O2/c1-12-15(6-7-16(21-12)13-4-5-13)18(24)23-10-8-14(9-11-23)17-20(2,3)19(25)22-17/h6-7,13-14,17H,4-5,8-11H2,1-3H3,(H,22,25)/t17-/m1/s1. The Morgan fingerprint density at radius 3 is 2.40 bits per heavy atom. The van der Waals surface area contributed by atoms with Crippen LogP contribution in [0.1, 0.15) is 67.2 Å². The van der Waals surface area contributed by atoms with Gasteiger partial charge in [0, 0.05) is 30.7 Å². The average Bonchev–Trinajstić information content (AvgIpc) is 3.44. The van der Waals surface area contributed by atoms with E-state index in [0.29, 0.717) is 11.8 Å². The topological polar surface area (TPSA) is 62.3 Å². The highest BCUT2D eigenvalue weighted by Crippen LogP contribution is 2.40. The second kappa shape index (κ2) is 5.82. The smallest absolute Gasteiger partial charge is 0.255 e. The zero-order valence-corrected chi connectivity index (χ0v) is 15.3. The summed E-state index contributed by atoms with van der Waals surface area (Å²) in [5.41, 5.74) is 2.45. The summed E-state index contributed by atoms with van der Waals surface area (Å²) in [6.07, 6.45) is 4.35. The van der Waals surface area contributed by atoms with Crippen molar-refractivity contribution in [3.8, 4) is 0 Å². The number of nitrogens with zero attached hydrogens (tertiary/aromatic N) is 2. The van der Waals surface area contributed by atoms with Crippen molar-refractivity contribution in [2.45, 2.75) is 58.4 Å². The molecule has 1 N–H and O–H groups in total. The van der Waals surface area contributed by atoms with Gasteiger partial charge in [0.05, 0.1) is 16.7 Å². The predicted octanol–water partition coefficient (Wildman–Crippen LogP) is 2.64. The Hall–Kier alpha value is -1.91. The molecular formula is C20H27N3O2. The number of aryl methyl sites for hydroxylation is 1. The Morgan fingerprint density at radius 2 is 1.88 bits per heavy atom. The second-order valence-electron chi connectivity index (χ2n) is 8.45. The number of hydrogen-bond donors (Lipinski definition) is 1. The van der Waals surface area contributed by atoms with Gasteiger partial charge in [0.15, 0.2) is 0 Å². The molecule has 3 fully saturated rings. The molecule has 1 aromatic heterocycles. The molecule has 3 heterocycles. The third kappa shape index (κ3) is 2.83. The van der Waals surface area contributed by atoms with Crippen LogP contribution in [0.15, 0.2) is 12.1 Å². The maximum Gasteiger partial charge on any atom is 0.255 e. The Bertz CT molecular complexity index is 716. The highest BCUT2D eigenvalue weighted by atomic mass is 16.2. The summed E-state index contributed by atoms with van der Waals surface area (Å²) >= 11 is 0. The molecule has 2 aliphatic heterocycles. The summed E-state index contributed by atoms with van der Waals surface area (Å²) in [4.78, 5) is 31.2. The van der Waals surface area contributed by atoms with Gasteiger partial charge in [-0.3, -0.25) is 14.6 Å². The molecule has 1 atom stereocenters. The fourth-order valence-electron chi connectivity index (χ4n) is 4.30. The molecule has 5 heteroatoms. The van der Waals surface area contributed by atoms with Crippen LogP contribution < -0.4 is 5.32 Å². The Kier molecular flexibility index (Phi) is 3.85. The van der Waals surface area contributed by atoms with E-state index < -0.39 is 0 Å². The highest BCUT2D eigenvalue weighted by Gasteiger charge is 2.51. The average molecular weight is 341 g/mol. The van der Waals surface area contributed by atoms with Crippen molar-refractivity contribution in [1.82, 2.24) is 15.2 Å². The van der Waals surface area contributed by atoms with Crippen molar-refractivity contribution in [3.05, 3.63) is 29.1 Å². The normalized spacial score (nSPS) is 26.1. The van der Waals surface area contributed by atoms with Crippen LogP contribution in [0.2, 0.25) is 0 Å². The first-order valence-electron chi connectivity index (χ1n) is 9.45. The molecule has 0 aromatic carbocycles. The van der Waals surface area contributed by atoms with Crippen LogP contribution in [0, 0.1) is 18.3 Å². The molecule has 0 radical (unpaired) electrons. The summed E-state index contributed by atoms with van der Waals surface area (Å²) in [6, 6.07) is 4.23. The van der Waals surface area contributed by atoms with Crippen molar-refractivity contribution in [3.63, 3.8) is 0 Å². The number of likely N-dealkylation sites (tertiary alicyclic amines) is 1. The number of β-lactam (4-membered cyclic amide) rings is 1. The molecule has 1 aliphatic carbocycles. The van der Waals surface area contributed by atoms with Gasteiger partial charge in [-0.05, 0) is 64.5 Å². The lowest BCUT2D eigenvalue weighted by Gasteiger charge is -2.50. The highest BCUT2D eigenvalue weighted by molar-refractivity contribution is 5.95. The van der Waals surface area contributed by atoms with E-state index in [2.05, 4.69) is 10.3 Å². The van der Waals surface area contributed by atoms with Crippen LogP contribution in [-0.2, 0) is 4.79 Å². The van der Waals surface area contributed by atoms with E-state index in [0.717, 1.165) is 42.9 Å². The van der Waals surface area contributed by atoms with Crippen LogP contribution in [0.4, 0.5) is 0 Å². The largest absolute Gasteiger partial charge is 0.351 e. The molecule has 1 saturated carbocycles. The van der Waals surface area contributed by atoms with Gasteiger partial charge in [0.1, 0.15) is 0 Å². The van der Waals surface area contributed by atoms with Crippen molar-refractivity contribution >= 4 is 11.8 Å². The van der Waals surface area contributed by atoms with Crippen molar-refractivity contribution in [1.29, 1.82) is 0 Å². The molecule has 0 spiro atoms. The number of carbonyl (C=O) groups excluding carboxylic acids is 2. The molecule has 1 aromatic rings.